The summed E-state index contributed by atoms with van der Waals surface area (Å²) in [6.07, 6.45) is 15.6. The lowest BCUT2D eigenvalue weighted by Crippen LogP contribution is -2.20. The lowest BCUT2D eigenvalue weighted by Gasteiger charge is -2.34. The monoisotopic (exact) mass is 390 g/mol. The molecule has 1 atom stereocenters. The summed E-state index contributed by atoms with van der Waals surface area (Å²) < 4.78 is 5.60. The predicted molar refractivity (Wildman–Crippen MR) is 117 cm³/mol. The summed E-state index contributed by atoms with van der Waals surface area (Å²) in [6.45, 7) is 4.85. The highest BCUT2D eigenvalue weighted by molar-refractivity contribution is 6.30. The first kappa shape index (κ1) is 21.0. The zero-order chi connectivity index (χ0) is 19.2. The van der Waals surface area contributed by atoms with Crippen LogP contribution >= 0.6 is 11.6 Å². The number of halogens is 1. The Bertz CT molecular complexity index is 568. The molecule has 0 saturated heterocycles. The summed E-state index contributed by atoms with van der Waals surface area (Å²) in [4.78, 5) is 0. The Balaban J connectivity index is 1.49. The molecule has 1 aromatic carbocycles. The number of hydrogen-bond donors (Lipinski definition) is 0. The highest BCUT2D eigenvalue weighted by atomic mass is 35.5. The van der Waals surface area contributed by atoms with Crippen LogP contribution in [0.15, 0.2) is 18.2 Å². The van der Waals surface area contributed by atoms with Gasteiger partial charge >= 0.3 is 0 Å². The topological polar surface area (TPSA) is 9.23 Å². The molecule has 3 rings (SSSR count). The normalized spacial score (nSPS) is 30.1. The van der Waals surface area contributed by atoms with E-state index in [4.69, 9.17) is 16.3 Å². The molecule has 1 unspecified atom stereocenters. The number of rotatable bonds is 7. The van der Waals surface area contributed by atoms with E-state index in [0.717, 1.165) is 34.4 Å². The van der Waals surface area contributed by atoms with Gasteiger partial charge in [0.15, 0.2) is 0 Å². The molecule has 0 aliphatic heterocycles. The molecule has 0 bridgehead atoms. The van der Waals surface area contributed by atoms with Gasteiger partial charge in [-0.3, -0.25) is 0 Å². The van der Waals surface area contributed by atoms with Gasteiger partial charge in [-0.05, 0) is 91.9 Å². The van der Waals surface area contributed by atoms with Crippen LogP contribution in [-0.2, 0) is 0 Å². The summed E-state index contributed by atoms with van der Waals surface area (Å²) in [5.41, 5.74) is 1.33. The van der Waals surface area contributed by atoms with Crippen molar-refractivity contribution in [3.8, 4) is 5.75 Å². The predicted octanol–water partition coefficient (Wildman–Crippen LogP) is 8.26. The Morgan fingerprint density at radius 2 is 1.56 bits per heavy atom. The molecule has 2 fully saturated rings. The Labute approximate surface area is 172 Å². The summed E-state index contributed by atoms with van der Waals surface area (Å²) >= 11 is 6.26. The quantitative estimate of drug-likeness (QED) is 0.455. The van der Waals surface area contributed by atoms with Crippen molar-refractivity contribution < 1.29 is 4.74 Å². The first-order valence-corrected chi connectivity index (χ1v) is 11.8. The van der Waals surface area contributed by atoms with Gasteiger partial charge in [0.2, 0.25) is 0 Å². The van der Waals surface area contributed by atoms with Crippen LogP contribution in [0.5, 0.6) is 5.75 Å². The van der Waals surface area contributed by atoms with Gasteiger partial charge in [0.25, 0.3) is 0 Å². The second-order valence-electron chi connectivity index (χ2n) is 9.48. The van der Waals surface area contributed by atoms with Crippen LogP contribution in [0.3, 0.4) is 0 Å². The summed E-state index contributed by atoms with van der Waals surface area (Å²) in [5.74, 6) is 5.50. The highest BCUT2D eigenvalue weighted by Gasteiger charge is 2.28. The van der Waals surface area contributed by atoms with Crippen molar-refractivity contribution in [2.45, 2.75) is 90.4 Å². The number of ether oxygens (including phenoxy) is 1. The van der Waals surface area contributed by atoms with E-state index in [1.165, 1.54) is 76.2 Å². The third-order valence-electron chi connectivity index (χ3n) is 7.52. The first-order chi connectivity index (χ1) is 13.1. The zero-order valence-electron chi connectivity index (χ0n) is 17.7. The maximum atomic E-state index is 6.26. The molecule has 152 valence electrons. The smallest absolute Gasteiger partial charge is 0.122 e. The van der Waals surface area contributed by atoms with Gasteiger partial charge in [0, 0.05) is 5.02 Å². The standard InChI is InChI=1S/C25H39ClO/c1-4-19(15-20-7-5-18(2)6-8-20)16-21-9-11-22(12-10-21)24-17-23(26)13-14-25(24)27-3/h13-14,17-22H,4-12,15-16H2,1-3H3. The fraction of sp³-hybridized carbons (Fsp3) is 0.760. The lowest BCUT2D eigenvalue weighted by atomic mass is 9.72. The lowest BCUT2D eigenvalue weighted by molar-refractivity contribution is 0.203. The molecule has 1 nitrogen and oxygen atoms in total. The maximum Gasteiger partial charge on any atom is 0.122 e. The molecule has 2 aliphatic rings. The third-order valence-corrected chi connectivity index (χ3v) is 7.76. The van der Waals surface area contributed by atoms with Crippen LogP contribution < -0.4 is 4.74 Å². The van der Waals surface area contributed by atoms with Crippen LogP contribution in [-0.4, -0.2) is 7.11 Å². The van der Waals surface area contributed by atoms with E-state index >= 15 is 0 Å². The molecule has 0 spiro atoms. The van der Waals surface area contributed by atoms with Crippen molar-refractivity contribution in [2.24, 2.45) is 23.7 Å². The van der Waals surface area contributed by atoms with Crippen molar-refractivity contribution in [3.05, 3.63) is 28.8 Å². The summed E-state index contributed by atoms with van der Waals surface area (Å²) in [5, 5.41) is 0.834. The Hall–Kier alpha value is -0.690. The minimum Gasteiger partial charge on any atom is -0.496 e. The van der Waals surface area contributed by atoms with Crippen molar-refractivity contribution in [3.63, 3.8) is 0 Å². The number of benzene rings is 1. The van der Waals surface area contributed by atoms with Crippen LogP contribution in [0.1, 0.15) is 96.0 Å². The Kier molecular flexibility index (Phi) is 7.94. The molecule has 0 aromatic heterocycles. The molecule has 0 heterocycles. The van der Waals surface area contributed by atoms with Gasteiger partial charge in [-0.2, -0.15) is 0 Å². The zero-order valence-corrected chi connectivity index (χ0v) is 18.4. The molecule has 0 amide bonds. The average Bonchev–Trinajstić information content (AvgIpc) is 2.69. The van der Waals surface area contributed by atoms with E-state index in [-0.39, 0.29) is 0 Å². The van der Waals surface area contributed by atoms with Crippen molar-refractivity contribution >= 4 is 11.6 Å². The molecule has 2 aliphatic carbocycles. The minimum absolute atomic E-state index is 0.620. The van der Waals surface area contributed by atoms with Gasteiger partial charge in [-0.25, -0.2) is 0 Å². The molecular formula is C25H39ClO. The van der Waals surface area contributed by atoms with E-state index in [0.29, 0.717) is 5.92 Å². The molecule has 0 N–H and O–H groups in total. The van der Waals surface area contributed by atoms with Crippen molar-refractivity contribution in [1.82, 2.24) is 0 Å². The largest absolute Gasteiger partial charge is 0.496 e. The van der Waals surface area contributed by atoms with Gasteiger partial charge in [-0.15, -0.1) is 0 Å². The molecular weight excluding hydrogens is 352 g/mol. The number of hydrogen-bond acceptors (Lipinski definition) is 1. The van der Waals surface area contributed by atoms with Crippen LogP contribution in [0.25, 0.3) is 0 Å². The second kappa shape index (κ2) is 10.2. The SMILES string of the molecule is CCC(CC1CCC(C)CC1)CC1CCC(c2cc(Cl)ccc2OC)CC1. The average molecular weight is 391 g/mol. The van der Waals surface area contributed by atoms with Gasteiger partial charge in [0.05, 0.1) is 7.11 Å². The van der Waals surface area contributed by atoms with Crippen LogP contribution in [0.2, 0.25) is 5.02 Å². The number of methoxy groups -OCH3 is 1. The Morgan fingerprint density at radius 1 is 0.963 bits per heavy atom. The molecule has 27 heavy (non-hydrogen) atoms. The Morgan fingerprint density at radius 3 is 2.11 bits per heavy atom. The molecule has 1 aromatic rings. The fourth-order valence-corrected chi connectivity index (χ4v) is 5.85. The van der Waals surface area contributed by atoms with E-state index in [9.17, 15) is 0 Å². The van der Waals surface area contributed by atoms with Gasteiger partial charge < -0.3 is 4.74 Å². The first-order valence-electron chi connectivity index (χ1n) is 11.4. The van der Waals surface area contributed by atoms with E-state index in [2.05, 4.69) is 19.9 Å². The fourth-order valence-electron chi connectivity index (χ4n) is 5.67. The van der Waals surface area contributed by atoms with Crippen molar-refractivity contribution in [1.29, 1.82) is 0 Å². The third kappa shape index (κ3) is 5.89. The summed E-state index contributed by atoms with van der Waals surface area (Å²) in [7, 11) is 1.77. The molecule has 2 heteroatoms. The highest BCUT2D eigenvalue weighted by Crippen LogP contribution is 2.43. The van der Waals surface area contributed by atoms with Gasteiger partial charge in [-0.1, -0.05) is 57.6 Å². The van der Waals surface area contributed by atoms with E-state index < -0.39 is 0 Å². The van der Waals surface area contributed by atoms with Gasteiger partial charge in [0.1, 0.15) is 5.75 Å². The molecule has 2 saturated carbocycles. The summed E-state index contributed by atoms with van der Waals surface area (Å²) in [6, 6.07) is 6.10. The van der Waals surface area contributed by atoms with E-state index in [1.807, 2.05) is 12.1 Å². The van der Waals surface area contributed by atoms with Crippen LogP contribution in [0.4, 0.5) is 0 Å². The molecule has 0 radical (unpaired) electrons. The van der Waals surface area contributed by atoms with E-state index in [1.54, 1.807) is 7.11 Å². The second-order valence-corrected chi connectivity index (χ2v) is 9.91. The van der Waals surface area contributed by atoms with Crippen LogP contribution in [0, 0.1) is 23.7 Å². The minimum atomic E-state index is 0.620. The van der Waals surface area contributed by atoms with Crippen molar-refractivity contribution in [2.75, 3.05) is 7.11 Å². The maximum absolute atomic E-state index is 6.26.